The molecule has 1 aliphatic rings. The van der Waals surface area contributed by atoms with Crippen LogP contribution in [-0.4, -0.2) is 22.9 Å². The second kappa shape index (κ2) is 4.29. The van der Waals surface area contributed by atoms with Crippen molar-refractivity contribution in [2.45, 2.75) is 57.8 Å². The molecule has 0 aromatic carbocycles. The van der Waals surface area contributed by atoms with Crippen LogP contribution in [0, 0.1) is 17.2 Å². The van der Waals surface area contributed by atoms with Gasteiger partial charge in [-0.05, 0) is 32.1 Å². The summed E-state index contributed by atoms with van der Waals surface area (Å²) in [5, 5.41) is 18.8. The summed E-state index contributed by atoms with van der Waals surface area (Å²) in [6.07, 6.45) is 1.95. The first-order valence-electron chi connectivity index (χ1n) is 5.25. The van der Waals surface area contributed by atoms with Crippen molar-refractivity contribution in [3.05, 3.63) is 0 Å². The Bertz CT molecular complexity index is 234. The van der Waals surface area contributed by atoms with Crippen LogP contribution in [0.4, 0.5) is 0 Å². The zero-order valence-corrected chi connectivity index (χ0v) is 9.16. The van der Waals surface area contributed by atoms with Crippen LogP contribution in [0.2, 0.25) is 0 Å². The maximum atomic E-state index is 9.84. The average Bonchev–Trinajstić information content (AvgIpc) is 2.16. The highest BCUT2D eigenvalue weighted by atomic mass is 16.5. The van der Waals surface area contributed by atoms with E-state index in [9.17, 15) is 5.11 Å². The van der Waals surface area contributed by atoms with E-state index in [1.807, 2.05) is 13.8 Å². The predicted molar refractivity (Wildman–Crippen MR) is 53.6 cm³/mol. The van der Waals surface area contributed by atoms with Gasteiger partial charge in [0.2, 0.25) is 0 Å². The van der Waals surface area contributed by atoms with Gasteiger partial charge in [-0.25, -0.2) is 0 Å². The molecule has 0 unspecified atom stereocenters. The van der Waals surface area contributed by atoms with Gasteiger partial charge in [-0.3, -0.25) is 0 Å². The lowest BCUT2D eigenvalue weighted by Crippen LogP contribution is -2.44. The number of ether oxygens (including phenoxy) is 1. The third kappa shape index (κ3) is 2.46. The van der Waals surface area contributed by atoms with Crippen molar-refractivity contribution in [1.82, 2.24) is 0 Å². The largest absolute Gasteiger partial charge is 0.390 e. The third-order valence-electron chi connectivity index (χ3n) is 2.85. The van der Waals surface area contributed by atoms with Crippen molar-refractivity contribution in [3.8, 4) is 6.07 Å². The monoisotopic (exact) mass is 197 g/mol. The number of nitriles is 1. The number of aliphatic hydroxyl groups is 1. The molecule has 3 nitrogen and oxygen atoms in total. The number of hydrogen-bond acceptors (Lipinski definition) is 3. The minimum atomic E-state index is -0.696. The van der Waals surface area contributed by atoms with E-state index in [2.05, 4.69) is 6.07 Å². The summed E-state index contributed by atoms with van der Waals surface area (Å²) in [4.78, 5) is 0. The Morgan fingerprint density at radius 2 is 2.21 bits per heavy atom. The molecule has 1 N–H and O–H groups in total. The minimum absolute atomic E-state index is 0.173. The molecule has 0 bridgehead atoms. The van der Waals surface area contributed by atoms with Crippen molar-refractivity contribution in [2.24, 2.45) is 5.92 Å². The summed E-state index contributed by atoms with van der Waals surface area (Å²) in [5.74, 6) is 0.182. The second-order valence-electron chi connectivity index (χ2n) is 4.63. The van der Waals surface area contributed by atoms with Crippen molar-refractivity contribution in [2.75, 3.05) is 0 Å². The molecular formula is C11H19NO2. The normalized spacial score (nSPS) is 35.3. The topological polar surface area (TPSA) is 53.2 Å². The van der Waals surface area contributed by atoms with Gasteiger partial charge in [0, 0.05) is 0 Å². The van der Waals surface area contributed by atoms with Crippen LogP contribution < -0.4 is 0 Å². The van der Waals surface area contributed by atoms with Gasteiger partial charge in [-0.1, -0.05) is 13.8 Å². The molecule has 3 heteroatoms. The summed E-state index contributed by atoms with van der Waals surface area (Å²) in [7, 11) is 0. The first kappa shape index (κ1) is 11.5. The van der Waals surface area contributed by atoms with Gasteiger partial charge in [0.15, 0.2) is 5.60 Å². The maximum Gasteiger partial charge on any atom is 0.151 e. The molecule has 0 radical (unpaired) electrons. The zero-order chi connectivity index (χ0) is 10.8. The molecule has 1 rings (SSSR count). The standard InChI is InChI=1S/C11H19NO2/c1-8(2)10(13)9-5-4-6-11(3,7-12)14-9/h8-10,13H,4-6H2,1-3H3/t9-,10+,11-/m1/s1. The van der Waals surface area contributed by atoms with Crippen molar-refractivity contribution in [3.63, 3.8) is 0 Å². The Labute approximate surface area is 85.7 Å². The molecule has 14 heavy (non-hydrogen) atoms. The van der Waals surface area contributed by atoms with E-state index in [4.69, 9.17) is 10.00 Å². The Morgan fingerprint density at radius 3 is 2.71 bits per heavy atom. The number of aliphatic hydroxyl groups excluding tert-OH is 1. The highest BCUT2D eigenvalue weighted by Gasteiger charge is 2.36. The average molecular weight is 197 g/mol. The van der Waals surface area contributed by atoms with Crippen LogP contribution in [0.3, 0.4) is 0 Å². The summed E-state index contributed by atoms with van der Waals surface area (Å²) in [5.41, 5.74) is -0.696. The number of rotatable bonds is 2. The highest BCUT2D eigenvalue weighted by Crippen LogP contribution is 2.30. The molecular weight excluding hydrogens is 178 g/mol. The SMILES string of the molecule is CC(C)[C@H](O)[C@H]1CCC[C@](C)(C#N)O1. The molecule has 1 heterocycles. The minimum Gasteiger partial charge on any atom is -0.390 e. The predicted octanol–water partition coefficient (Wildman–Crippen LogP) is 1.85. The van der Waals surface area contributed by atoms with E-state index in [0.717, 1.165) is 19.3 Å². The van der Waals surface area contributed by atoms with Gasteiger partial charge in [-0.15, -0.1) is 0 Å². The molecule has 0 aromatic heterocycles. The van der Waals surface area contributed by atoms with Crippen LogP contribution in [0.1, 0.15) is 40.0 Å². The zero-order valence-electron chi connectivity index (χ0n) is 9.16. The van der Waals surface area contributed by atoms with E-state index in [1.54, 1.807) is 6.92 Å². The van der Waals surface area contributed by atoms with Gasteiger partial charge in [0.25, 0.3) is 0 Å². The fourth-order valence-corrected chi connectivity index (χ4v) is 1.84. The maximum absolute atomic E-state index is 9.84. The summed E-state index contributed by atoms with van der Waals surface area (Å²) < 4.78 is 5.64. The van der Waals surface area contributed by atoms with Gasteiger partial charge in [0.1, 0.15) is 0 Å². The lowest BCUT2D eigenvalue weighted by molar-refractivity contribution is -0.140. The summed E-state index contributed by atoms with van der Waals surface area (Å²) >= 11 is 0. The second-order valence-corrected chi connectivity index (χ2v) is 4.63. The Morgan fingerprint density at radius 1 is 1.57 bits per heavy atom. The van der Waals surface area contributed by atoms with Crippen LogP contribution in [0.15, 0.2) is 0 Å². The molecule has 80 valence electrons. The molecule has 0 amide bonds. The molecule has 0 spiro atoms. The fourth-order valence-electron chi connectivity index (χ4n) is 1.84. The Kier molecular flexibility index (Phi) is 3.52. The van der Waals surface area contributed by atoms with Gasteiger partial charge < -0.3 is 9.84 Å². The smallest absolute Gasteiger partial charge is 0.151 e. The lowest BCUT2D eigenvalue weighted by atomic mass is 9.90. The first-order valence-corrected chi connectivity index (χ1v) is 5.25. The molecule has 0 saturated carbocycles. The number of hydrogen-bond donors (Lipinski definition) is 1. The van der Waals surface area contributed by atoms with E-state index < -0.39 is 11.7 Å². The van der Waals surface area contributed by atoms with Crippen molar-refractivity contribution < 1.29 is 9.84 Å². The Balaban J connectivity index is 2.61. The van der Waals surface area contributed by atoms with Crippen LogP contribution in [0.5, 0.6) is 0 Å². The molecule has 1 aliphatic heterocycles. The van der Waals surface area contributed by atoms with E-state index in [1.165, 1.54) is 0 Å². The molecule has 0 aromatic rings. The van der Waals surface area contributed by atoms with Gasteiger partial charge in [0.05, 0.1) is 18.3 Å². The summed E-state index contributed by atoms with van der Waals surface area (Å²) in [6, 6.07) is 2.17. The molecule has 1 fully saturated rings. The molecule has 1 saturated heterocycles. The quantitative estimate of drug-likeness (QED) is 0.735. The number of nitrogens with zero attached hydrogens (tertiary/aromatic N) is 1. The summed E-state index contributed by atoms with van der Waals surface area (Å²) in [6.45, 7) is 5.73. The van der Waals surface area contributed by atoms with Crippen molar-refractivity contribution in [1.29, 1.82) is 5.26 Å². The van der Waals surface area contributed by atoms with Crippen molar-refractivity contribution >= 4 is 0 Å². The van der Waals surface area contributed by atoms with E-state index in [0.29, 0.717) is 0 Å². The fraction of sp³-hybridized carbons (Fsp3) is 0.909. The Hall–Kier alpha value is -0.590. The van der Waals surface area contributed by atoms with Crippen LogP contribution >= 0.6 is 0 Å². The first-order chi connectivity index (χ1) is 6.48. The van der Waals surface area contributed by atoms with Crippen LogP contribution in [-0.2, 0) is 4.74 Å². The third-order valence-corrected chi connectivity index (χ3v) is 2.85. The molecule has 0 aliphatic carbocycles. The van der Waals surface area contributed by atoms with Crippen LogP contribution in [0.25, 0.3) is 0 Å². The van der Waals surface area contributed by atoms with Gasteiger partial charge >= 0.3 is 0 Å². The van der Waals surface area contributed by atoms with E-state index in [-0.39, 0.29) is 12.0 Å². The van der Waals surface area contributed by atoms with Gasteiger partial charge in [-0.2, -0.15) is 5.26 Å². The van der Waals surface area contributed by atoms with E-state index >= 15 is 0 Å². The highest BCUT2D eigenvalue weighted by molar-refractivity contribution is 5.01. The molecule has 3 atom stereocenters. The lowest BCUT2D eigenvalue weighted by Gasteiger charge is -2.37.